The van der Waals surface area contributed by atoms with E-state index in [1.807, 2.05) is 0 Å². The van der Waals surface area contributed by atoms with E-state index in [0.29, 0.717) is 12.1 Å². The van der Waals surface area contributed by atoms with E-state index in [1.165, 1.54) is 12.1 Å². The maximum absolute atomic E-state index is 11.8. The zero-order valence-corrected chi connectivity index (χ0v) is 12.3. The molecule has 0 bridgehead atoms. The Kier molecular flexibility index (Phi) is 5.33. The molecule has 0 saturated carbocycles. The van der Waals surface area contributed by atoms with Crippen molar-refractivity contribution in [1.82, 2.24) is 0 Å². The molecule has 0 spiro atoms. The van der Waals surface area contributed by atoms with E-state index >= 15 is 0 Å². The van der Waals surface area contributed by atoms with E-state index in [4.69, 9.17) is 5.14 Å². The van der Waals surface area contributed by atoms with Crippen LogP contribution in [0.25, 0.3) is 0 Å². The van der Waals surface area contributed by atoms with Crippen LogP contribution in [0.1, 0.15) is 13.3 Å². The first-order valence-electron chi connectivity index (χ1n) is 5.82. The summed E-state index contributed by atoms with van der Waals surface area (Å²) in [6.07, 6.45) is 0.566. The normalized spacial score (nSPS) is 12.3. The molecule has 8 heteroatoms. The van der Waals surface area contributed by atoms with Crippen molar-refractivity contribution in [2.75, 3.05) is 23.4 Å². The van der Waals surface area contributed by atoms with Gasteiger partial charge < -0.3 is 5.32 Å². The minimum absolute atomic E-state index is 0.116. The number of hydrogen-bond donors (Lipinski definition) is 2. The van der Waals surface area contributed by atoms with Gasteiger partial charge in [-0.15, -0.1) is 0 Å². The first kappa shape index (κ1) is 15.9. The van der Waals surface area contributed by atoms with Gasteiger partial charge in [-0.3, -0.25) is 0 Å². The number of hydrogen-bond acceptors (Lipinski definition) is 5. The fraction of sp³-hybridized carbons (Fsp3) is 0.455. The van der Waals surface area contributed by atoms with E-state index < -0.39 is 19.9 Å². The number of benzene rings is 1. The Bertz CT molecular complexity index is 607. The van der Waals surface area contributed by atoms with E-state index in [2.05, 4.69) is 5.32 Å². The van der Waals surface area contributed by atoms with Crippen molar-refractivity contribution in [2.45, 2.75) is 18.2 Å². The molecular weight excluding hydrogens is 288 g/mol. The average molecular weight is 306 g/mol. The zero-order chi connectivity index (χ0) is 14.5. The summed E-state index contributed by atoms with van der Waals surface area (Å²) in [5, 5.41) is 7.72. The smallest absolute Gasteiger partial charge is 0.210 e. The molecule has 0 aliphatic rings. The maximum atomic E-state index is 11.8. The van der Waals surface area contributed by atoms with Crippen molar-refractivity contribution in [3.63, 3.8) is 0 Å². The van der Waals surface area contributed by atoms with Gasteiger partial charge in [0.2, 0.25) is 10.0 Å². The lowest BCUT2D eigenvalue weighted by Gasteiger charge is -2.07. The Labute approximate surface area is 114 Å². The van der Waals surface area contributed by atoms with Crippen molar-refractivity contribution in [1.29, 1.82) is 0 Å². The number of nitrogens with one attached hydrogen (secondary N) is 1. The van der Waals surface area contributed by atoms with Gasteiger partial charge in [0, 0.05) is 12.2 Å². The lowest BCUT2D eigenvalue weighted by molar-refractivity contribution is 0.594. The SMILES string of the molecule is CCCS(=O)(=O)c1ccc(NCCS(N)(=O)=O)cc1. The zero-order valence-electron chi connectivity index (χ0n) is 10.7. The fourth-order valence-electron chi connectivity index (χ4n) is 1.50. The van der Waals surface area contributed by atoms with Crippen LogP contribution in [0.15, 0.2) is 29.2 Å². The second kappa shape index (κ2) is 6.36. The highest BCUT2D eigenvalue weighted by Gasteiger charge is 2.12. The van der Waals surface area contributed by atoms with Crippen molar-refractivity contribution < 1.29 is 16.8 Å². The number of sulfonamides is 1. The summed E-state index contributed by atoms with van der Waals surface area (Å²) in [5.74, 6) is -0.0614. The van der Waals surface area contributed by atoms with E-state index in [-0.39, 0.29) is 22.9 Å². The van der Waals surface area contributed by atoms with E-state index in [9.17, 15) is 16.8 Å². The molecule has 0 aliphatic heterocycles. The molecule has 1 aromatic carbocycles. The quantitative estimate of drug-likeness (QED) is 0.766. The van der Waals surface area contributed by atoms with E-state index in [1.54, 1.807) is 19.1 Å². The third kappa shape index (κ3) is 5.58. The molecule has 1 aromatic rings. The van der Waals surface area contributed by atoms with Gasteiger partial charge in [-0.05, 0) is 30.7 Å². The third-order valence-corrected chi connectivity index (χ3v) is 5.11. The van der Waals surface area contributed by atoms with Crippen LogP contribution in [-0.2, 0) is 19.9 Å². The van der Waals surface area contributed by atoms with Crippen molar-refractivity contribution in [3.05, 3.63) is 24.3 Å². The van der Waals surface area contributed by atoms with Crippen LogP contribution < -0.4 is 10.5 Å². The highest BCUT2D eigenvalue weighted by Crippen LogP contribution is 2.15. The van der Waals surface area contributed by atoms with Crippen molar-refractivity contribution in [3.8, 4) is 0 Å². The van der Waals surface area contributed by atoms with Crippen molar-refractivity contribution in [2.24, 2.45) is 5.14 Å². The lowest BCUT2D eigenvalue weighted by atomic mass is 10.3. The summed E-state index contributed by atoms with van der Waals surface area (Å²) in [7, 11) is -6.71. The van der Waals surface area contributed by atoms with E-state index in [0.717, 1.165) is 0 Å². The highest BCUT2D eigenvalue weighted by atomic mass is 32.2. The van der Waals surface area contributed by atoms with Crippen molar-refractivity contribution >= 4 is 25.5 Å². The van der Waals surface area contributed by atoms with Gasteiger partial charge in [0.25, 0.3) is 0 Å². The van der Waals surface area contributed by atoms with Gasteiger partial charge in [-0.2, -0.15) is 0 Å². The van der Waals surface area contributed by atoms with Crippen LogP contribution in [0.5, 0.6) is 0 Å². The lowest BCUT2D eigenvalue weighted by Crippen LogP contribution is -2.22. The molecule has 0 radical (unpaired) electrons. The molecule has 0 unspecified atom stereocenters. The topological polar surface area (TPSA) is 106 Å². The Morgan fingerprint density at radius 2 is 1.63 bits per heavy atom. The highest BCUT2D eigenvalue weighted by molar-refractivity contribution is 7.91. The number of primary sulfonamides is 1. The molecule has 0 amide bonds. The van der Waals surface area contributed by atoms with Crippen LogP contribution in [-0.4, -0.2) is 34.9 Å². The first-order valence-corrected chi connectivity index (χ1v) is 9.18. The monoisotopic (exact) mass is 306 g/mol. The molecule has 0 aromatic heterocycles. The predicted molar refractivity (Wildman–Crippen MR) is 75.2 cm³/mol. The number of nitrogens with two attached hydrogens (primary N) is 1. The second-order valence-electron chi connectivity index (χ2n) is 4.14. The largest absolute Gasteiger partial charge is 0.384 e. The van der Waals surface area contributed by atoms with Crippen LogP contribution in [0, 0.1) is 0 Å². The molecule has 108 valence electrons. The summed E-state index contributed by atoms with van der Waals surface area (Å²) in [4.78, 5) is 0.270. The minimum Gasteiger partial charge on any atom is -0.384 e. The molecule has 0 fully saturated rings. The van der Waals surface area contributed by atoms with Gasteiger partial charge in [-0.25, -0.2) is 22.0 Å². The van der Waals surface area contributed by atoms with Gasteiger partial charge in [0.05, 0.1) is 16.4 Å². The fourth-order valence-corrected chi connectivity index (χ4v) is 3.21. The van der Waals surface area contributed by atoms with Crippen LogP contribution in [0.2, 0.25) is 0 Å². The second-order valence-corrected chi connectivity index (χ2v) is 7.98. The Balaban J connectivity index is 2.67. The molecule has 0 heterocycles. The molecular formula is C11H18N2O4S2. The third-order valence-electron chi connectivity index (χ3n) is 2.40. The van der Waals surface area contributed by atoms with Crippen LogP contribution in [0.3, 0.4) is 0 Å². The summed E-state index contributed by atoms with van der Waals surface area (Å²) < 4.78 is 45.0. The van der Waals surface area contributed by atoms with Crippen LogP contribution >= 0.6 is 0 Å². The Hall–Kier alpha value is -1.12. The standard InChI is InChI=1S/C11H18N2O4S2/c1-2-8-18(14,15)11-5-3-10(4-6-11)13-7-9-19(12,16)17/h3-6,13H,2,7-9H2,1H3,(H2,12,16,17). The molecule has 0 saturated heterocycles. The van der Waals surface area contributed by atoms with Gasteiger partial charge in [-0.1, -0.05) is 6.92 Å². The number of anilines is 1. The summed E-state index contributed by atoms with van der Waals surface area (Å²) >= 11 is 0. The molecule has 0 atom stereocenters. The number of rotatable bonds is 7. The predicted octanol–water partition coefficient (Wildman–Crippen LogP) is 0.571. The average Bonchev–Trinajstić information content (AvgIpc) is 2.28. The molecule has 6 nitrogen and oxygen atoms in total. The van der Waals surface area contributed by atoms with Gasteiger partial charge in [0.15, 0.2) is 9.84 Å². The van der Waals surface area contributed by atoms with Crippen LogP contribution in [0.4, 0.5) is 5.69 Å². The Morgan fingerprint density at radius 3 is 2.11 bits per heavy atom. The summed E-state index contributed by atoms with van der Waals surface area (Å²) in [6.45, 7) is 1.99. The summed E-state index contributed by atoms with van der Waals surface area (Å²) in [5.41, 5.74) is 0.652. The Morgan fingerprint density at radius 1 is 1.05 bits per heavy atom. The minimum atomic E-state index is -3.49. The maximum Gasteiger partial charge on any atom is 0.210 e. The molecule has 0 aliphatic carbocycles. The molecule has 1 rings (SSSR count). The molecule has 3 N–H and O–H groups in total. The first-order chi connectivity index (χ1) is 8.74. The number of sulfone groups is 1. The van der Waals surface area contributed by atoms with Gasteiger partial charge >= 0.3 is 0 Å². The van der Waals surface area contributed by atoms with Gasteiger partial charge in [0.1, 0.15) is 0 Å². The molecule has 19 heavy (non-hydrogen) atoms. The summed E-state index contributed by atoms with van der Waals surface area (Å²) in [6, 6.07) is 6.21.